The number of hydrogen-bond acceptors (Lipinski definition) is 4. The number of hydrogen-bond donors (Lipinski definition) is 1. The summed E-state index contributed by atoms with van der Waals surface area (Å²) in [6, 6.07) is 12.1. The van der Waals surface area contributed by atoms with Crippen LogP contribution in [0.4, 0.5) is 0 Å². The summed E-state index contributed by atoms with van der Waals surface area (Å²) < 4.78 is 1.75. The number of aryl methyl sites for hydroxylation is 3. The summed E-state index contributed by atoms with van der Waals surface area (Å²) in [4.78, 5) is 19.7. The van der Waals surface area contributed by atoms with Crippen molar-refractivity contribution in [2.75, 3.05) is 13.1 Å². The van der Waals surface area contributed by atoms with Gasteiger partial charge < -0.3 is 10.6 Å². The van der Waals surface area contributed by atoms with Gasteiger partial charge >= 0.3 is 0 Å². The molecule has 0 spiro atoms. The van der Waals surface area contributed by atoms with Gasteiger partial charge in [0, 0.05) is 36.4 Å². The Bertz CT molecular complexity index is 979. The normalized spacial score (nSPS) is 20.1. The van der Waals surface area contributed by atoms with Crippen molar-refractivity contribution in [1.82, 2.24) is 19.5 Å². The SMILES string of the molecule is Cc1cc(C)n2nc(C)c(C(=O)N3C[C@@H](N)[C@H](c4ccccc4)C3)c2n1. The number of nitrogens with two attached hydrogens (primary N) is 1. The zero-order valence-electron chi connectivity index (χ0n) is 15.3. The Morgan fingerprint density at radius 3 is 2.62 bits per heavy atom. The molecule has 3 heterocycles. The molecule has 0 unspecified atom stereocenters. The van der Waals surface area contributed by atoms with Crippen LogP contribution in [-0.4, -0.2) is 44.5 Å². The molecule has 3 aromatic rings. The predicted molar refractivity (Wildman–Crippen MR) is 100 cm³/mol. The highest BCUT2D eigenvalue weighted by atomic mass is 16.2. The fraction of sp³-hybridized carbons (Fsp3) is 0.350. The van der Waals surface area contributed by atoms with Crippen molar-refractivity contribution in [2.45, 2.75) is 32.7 Å². The minimum atomic E-state index is -0.0695. The van der Waals surface area contributed by atoms with E-state index < -0.39 is 0 Å². The Hall–Kier alpha value is -2.73. The maximum atomic E-state index is 13.3. The summed E-state index contributed by atoms with van der Waals surface area (Å²) in [7, 11) is 0. The third kappa shape index (κ3) is 2.66. The van der Waals surface area contributed by atoms with Gasteiger partial charge in [0.2, 0.25) is 0 Å². The number of carbonyl (C=O) groups excluding carboxylic acids is 1. The number of fused-ring (bicyclic) bond motifs is 1. The summed E-state index contributed by atoms with van der Waals surface area (Å²) in [6.07, 6.45) is 0. The molecule has 1 amide bonds. The number of nitrogens with zero attached hydrogens (tertiary/aromatic N) is 4. The molecule has 1 aliphatic rings. The molecule has 1 fully saturated rings. The number of likely N-dealkylation sites (tertiary alicyclic amines) is 1. The largest absolute Gasteiger partial charge is 0.336 e. The number of carbonyl (C=O) groups is 1. The van der Waals surface area contributed by atoms with Gasteiger partial charge in [-0.2, -0.15) is 5.10 Å². The van der Waals surface area contributed by atoms with E-state index in [1.54, 1.807) is 4.52 Å². The zero-order valence-corrected chi connectivity index (χ0v) is 15.3. The molecule has 2 aromatic heterocycles. The van der Waals surface area contributed by atoms with Crippen molar-refractivity contribution in [2.24, 2.45) is 5.73 Å². The first-order chi connectivity index (χ1) is 12.5. The van der Waals surface area contributed by atoms with Gasteiger partial charge in [-0.25, -0.2) is 9.50 Å². The van der Waals surface area contributed by atoms with E-state index in [0.717, 1.165) is 11.4 Å². The minimum absolute atomic E-state index is 0.0381. The summed E-state index contributed by atoms with van der Waals surface area (Å²) in [5.41, 5.74) is 11.3. The van der Waals surface area contributed by atoms with E-state index in [-0.39, 0.29) is 17.9 Å². The smallest absolute Gasteiger partial charge is 0.259 e. The van der Waals surface area contributed by atoms with Crippen LogP contribution in [0.5, 0.6) is 0 Å². The van der Waals surface area contributed by atoms with E-state index in [1.165, 1.54) is 5.56 Å². The van der Waals surface area contributed by atoms with Gasteiger partial charge in [-0.3, -0.25) is 4.79 Å². The lowest BCUT2D eigenvalue weighted by atomic mass is 9.95. The Kier molecular flexibility index (Phi) is 4.00. The van der Waals surface area contributed by atoms with Crippen molar-refractivity contribution >= 4 is 11.6 Å². The quantitative estimate of drug-likeness (QED) is 0.770. The first-order valence-corrected chi connectivity index (χ1v) is 8.89. The van der Waals surface area contributed by atoms with E-state index >= 15 is 0 Å². The van der Waals surface area contributed by atoms with Gasteiger partial charge in [0.1, 0.15) is 5.56 Å². The molecule has 0 aliphatic carbocycles. The van der Waals surface area contributed by atoms with Gasteiger partial charge in [0.15, 0.2) is 5.65 Å². The summed E-state index contributed by atoms with van der Waals surface area (Å²) in [5.74, 6) is 0.114. The first-order valence-electron chi connectivity index (χ1n) is 8.89. The molecule has 6 heteroatoms. The Balaban J connectivity index is 1.69. The van der Waals surface area contributed by atoms with Gasteiger partial charge in [-0.15, -0.1) is 0 Å². The molecule has 1 aromatic carbocycles. The number of aromatic nitrogens is 3. The van der Waals surface area contributed by atoms with Gasteiger partial charge in [0.05, 0.1) is 5.69 Å². The van der Waals surface area contributed by atoms with Crippen LogP contribution >= 0.6 is 0 Å². The second-order valence-electron chi connectivity index (χ2n) is 7.13. The topological polar surface area (TPSA) is 76.5 Å². The molecule has 0 bridgehead atoms. The molecule has 0 radical (unpaired) electrons. The van der Waals surface area contributed by atoms with Gasteiger partial charge in [-0.05, 0) is 32.4 Å². The molecule has 2 atom stereocenters. The van der Waals surface area contributed by atoms with Gasteiger partial charge in [-0.1, -0.05) is 30.3 Å². The lowest BCUT2D eigenvalue weighted by Gasteiger charge is -2.16. The minimum Gasteiger partial charge on any atom is -0.336 e. The molecule has 6 nitrogen and oxygen atoms in total. The van der Waals surface area contributed by atoms with Crippen LogP contribution in [0, 0.1) is 20.8 Å². The molecule has 1 aliphatic heterocycles. The van der Waals surface area contributed by atoms with Crippen molar-refractivity contribution in [1.29, 1.82) is 0 Å². The van der Waals surface area contributed by atoms with Crippen molar-refractivity contribution in [3.05, 3.63) is 64.6 Å². The molecule has 134 valence electrons. The Labute approximate surface area is 152 Å². The number of amides is 1. The van der Waals surface area contributed by atoms with Crippen LogP contribution in [0.25, 0.3) is 5.65 Å². The fourth-order valence-corrected chi connectivity index (χ4v) is 3.88. The highest BCUT2D eigenvalue weighted by molar-refractivity contribution is 6.01. The van der Waals surface area contributed by atoms with E-state index in [2.05, 4.69) is 22.2 Å². The van der Waals surface area contributed by atoms with Crippen molar-refractivity contribution in [3.63, 3.8) is 0 Å². The third-order valence-corrected chi connectivity index (χ3v) is 5.16. The van der Waals surface area contributed by atoms with E-state index in [9.17, 15) is 4.79 Å². The molecule has 0 saturated carbocycles. The van der Waals surface area contributed by atoms with Crippen LogP contribution in [0.1, 0.15) is 38.9 Å². The first kappa shape index (κ1) is 16.7. The summed E-state index contributed by atoms with van der Waals surface area (Å²) >= 11 is 0. The van der Waals surface area contributed by atoms with Crippen LogP contribution < -0.4 is 5.73 Å². The average Bonchev–Trinajstić information content (AvgIpc) is 3.15. The molecule has 26 heavy (non-hydrogen) atoms. The second-order valence-corrected chi connectivity index (χ2v) is 7.13. The zero-order chi connectivity index (χ0) is 18.4. The van der Waals surface area contributed by atoms with Crippen LogP contribution in [-0.2, 0) is 0 Å². The summed E-state index contributed by atoms with van der Waals surface area (Å²) in [5, 5.41) is 4.52. The van der Waals surface area contributed by atoms with Crippen LogP contribution in [0.15, 0.2) is 36.4 Å². The molecular formula is C20H23N5O. The van der Waals surface area contributed by atoms with Crippen LogP contribution in [0.3, 0.4) is 0 Å². The maximum Gasteiger partial charge on any atom is 0.259 e. The highest BCUT2D eigenvalue weighted by Crippen LogP contribution is 2.28. The highest BCUT2D eigenvalue weighted by Gasteiger charge is 2.36. The predicted octanol–water partition coefficient (Wildman–Crippen LogP) is 2.22. The monoisotopic (exact) mass is 349 g/mol. The second kappa shape index (κ2) is 6.21. The van der Waals surface area contributed by atoms with E-state index in [1.807, 2.05) is 49.9 Å². The number of benzene rings is 1. The lowest BCUT2D eigenvalue weighted by molar-refractivity contribution is 0.0790. The Morgan fingerprint density at radius 1 is 1.15 bits per heavy atom. The standard InChI is InChI=1S/C20H23N5O/c1-12-9-13(2)25-19(22-12)18(14(3)23-25)20(26)24-10-16(17(21)11-24)15-7-5-4-6-8-15/h4-9,16-17H,10-11,21H2,1-3H3/t16-,17+/m0/s1. The number of rotatable bonds is 2. The average molecular weight is 349 g/mol. The van der Waals surface area contributed by atoms with Crippen molar-refractivity contribution in [3.8, 4) is 0 Å². The fourth-order valence-electron chi connectivity index (χ4n) is 3.88. The van der Waals surface area contributed by atoms with Crippen molar-refractivity contribution < 1.29 is 4.79 Å². The third-order valence-electron chi connectivity index (χ3n) is 5.16. The molecule has 4 rings (SSSR count). The van der Waals surface area contributed by atoms with E-state index in [4.69, 9.17) is 5.73 Å². The lowest BCUT2D eigenvalue weighted by Crippen LogP contribution is -2.32. The van der Waals surface area contributed by atoms with E-state index in [0.29, 0.717) is 30.0 Å². The molecular weight excluding hydrogens is 326 g/mol. The maximum absolute atomic E-state index is 13.3. The molecule has 2 N–H and O–H groups in total. The summed E-state index contributed by atoms with van der Waals surface area (Å²) in [6.45, 7) is 6.92. The van der Waals surface area contributed by atoms with Gasteiger partial charge in [0.25, 0.3) is 5.91 Å². The van der Waals surface area contributed by atoms with Crippen LogP contribution in [0.2, 0.25) is 0 Å². The molecule has 1 saturated heterocycles. The Morgan fingerprint density at radius 2 is 1.88 bits per heavy atom.